The minimum Gasteiger partial charge on any atom is -0.354 e. The Labute approximate surface area is 185 Å². The fourth-order valence-corrected chi connectivity index (χ4v) is 4.32. The first kappa shape index (κ1) is 21.3. The Hall–Kier alpha value is -2.92. The van der Waals surface area contributed by atoms with Gasteiger partial charge in [0.25, 0.3) is 5.91 Å². The number of amides is 1. The third-order valence-corrected chi connectivity index (χ3v) is 6.04. The number of pyridine rings is 1. The monoisotopic (exact) mass is 416 g/mol. The van der Waals surface area contributed by atoms with Gasteiger partial charge in [0, 0.05) is 51.2 Å². The van der Waals surface area contributed by atoms with Crippen molar-refractivity contribution in [1.29, 1.82) is 0 Å². The second kappa shape index (κ2) is 9.92. The molecule has 1 saturated heterocycles. The number of carbonyl (C=O) groups excluding carboxylic acids is 1. The topological polar surface area (TPSA) is 39.7 Å². The number of para-hydroxylation sites is 1. The number of hydrogen-bond donors (Lipinski definition) is 0. The molecule has 3 aromatic rings. The fraction of sp³-hybridized carbons (Fsp3) is 0.385. The fourth-order valence-electron chi connectivity index (χ4n) is 4.32. The summed E-state index contributed by atoms with van der Waals surface area (Å²) >= 11 is 0. The Bertz CT molecular complexity index is 1010. The number of aromatic nitrogens is 1. The lowest BCUT2D eigenvalue weighted by Gasteiger charge is -2.35. The Morgan fingerprint density at radius 3 is 2.39 bits per heavy atom. The summed E-state index contributed by atoms with van der Waals surface area (Å²) in [7, 11) is 0. The minimum absolute atomic E-state index is 0.104. The number of benzene rings is 2. The highest BCUT2D eigenvalue weighted by Crippen LogP contribution is 2.25. The summed E-state index contributed by atoms with van der Waals surface area (Å²) in [6, 6.07) is 20.6. The van der Waals surface area contributed by atoms with Crippen molar-refractivity contribution in [3.05, 3.63) is 71.8 Å². The number of fused-ring (bicyclic) bond motifs is 1. The first-order chi connectivity index (χ1) is 15.2. The molecule has 4 rings (SSSR count). The van der Waals surface area contributed by atoms with Crippen LogP contribution in [0.5, 0.6) is 0 Å². The third-order valence-electron chi connectivity index (χ3n) is 6.04. The zero-order valence-electron chi connectivity index (χ0n) is 18.6. The lowest BCUT2D eigenvalue weighted by molar-refractivity contribution is 0.0766. The number of hydrogen-bond acceptors (Lipinski definition) is 4. The van der Waals surface area contributed by atoms with Gasteiger partial charge in [-0.05, 0) is 31.0 Å². The van der Waals surface area contributed by atoms with Gasteiger partial charge in [0.15, 0.2) is 0 Å². The van der Waals surface area contributed by atoms with E-state index < -0.39 is 0 Å². The van der Waals surface area contributed by atoms with E-state index in [1.54, 1.807) is 0 Å². The summed E-state index contributed by atoms with van der Waals surface area (Å²) in [5, 5.41) is 0.938. The van der Waals surface area contributed by atoms with Gasteiger partial charge in [-0.2, -0.15) is 0 Å². The van der Waals surface area contributed by atoms with Gasteiger partial charge in [-0.25, -0.2) is 4.98 Å². The van der Waals surface area contributed by atoms with Crippen molar-refractivity contribution in [1.82, 2.24) is 14.8 Å². The molecule has 1 fully saturated rings. The average Bonchev–Trinajstić information content (AvgIpc) is 2.82. The van der Waals surface area contributed by atoms with E-state index in [2.05, 4.69) is 47.1 Å². The van der Waals surface area contributed by atoms with Crippen molar-refractivity contribution >= 4 is 22.6 Å². The number of nitrogens with zero attached hydrogens (tertiary/aromatic N) is 4. The molecule has 0 atom stereocenters. The summed E-state index contributed by atoms with van der Waals surface area (Å²) in [5.41, 5.74) is 3.01. The van der Waals surface area contributed by atoms with Crippen LogP contribution in [0.3, 0.4) is 0 Å². The SMILES string of the molecule is CCCN(CC)C(=O)c1cc(N2CCN(Cc3ccccc3)CC2)nc2ccccc12. The first-order valence-corrected chi connectivity index (χ1v) is 11.4. The second-order valence-corrected chi connectivity index (χ2v) is 8.18. The first-order valence-electron chi connectivity index (χ1n) is 11.4. The molecule has 0 unspecified atom stereocenters. The van der Waals surface area contributed by atoms with Gasteiger partial charge >= 0.3 is 0 Å². The Morgan fingerprint density at radius 1 is 0.968 bits per heavy atom. The largest absolute Gasteiger partial charge is 0.354 e. The predicted molar refractivity (Wildman–Crippen MR) is 128 cm³/mol. The summed E-state index contributed by atoms with van der Waals surface area (Å²) in [6.07, 6.45) is 0.957. The Kier molecular flexibility index (Phi) is 6.82. The molecule has 1 aliphatic rings. The van der Waals surface area contributed by atoms with Gasteiger partial charge in [0.1, 0.15) is 5.82 Å². The van der Waals surface area contributed by atoms with Crippen LogP contribution < -0.4 is 4.90 Å². The van der Waals surface area contributed by atoms with E-state index >= 15 is 0 Å². The van der Waals surface area contributed by atoms with Crippen molar-refractivity contribution in [2.45, 2.75) is 26.8 Å². The summed E-state index contributed by atoms with van der Waals surface area (Å²) in [4.78, 5) is 25.0. The van der Waals surface area contributed by atoms with E-state index in [0.29, 0.717) is 0 Å². The molecular weight excluding hydrogens is 384 g/mol. The molecule has 31 heavy (non-hydrogen) atoms. The van der Waals surface area contributed by atoms with Crippen molar-refractivity contribution < 1.29 is 4.79 Å². The highest BCUT2D eigenvalue weighted by atomic mass is 16.2. The zero-order valence-corrected chi connectivity index (χ0v) is 18.6. The smallest absolute Gasteiger partial charge is 0.254 e. The minimum atomic E-state index is 0.104. The van der Waals surface area contributed by atoms with Crippen LogP contribution in [0.1, 0.15) is 36.2 Å². The molecule has 2 aromatic carbocycles. The normalized spacial score (nSPS) is 14.7. The predicted octanol–water partition coefficient (Wildman–Crippen LogP) is 4.43. The van der Waals surface area contributed by atoms with E-state index in [1.165, 1.54) is 5.56 Å². The molecule has 0 spiro atoms. The molecule has 0 radical (unpaired) electrons. The Balaban J connectivity index is 1.55. The van der Waals surface area contributed by atoms with E-state index in [9.17, 15) is 4.79 Å². The van der Waals surface area contributed by atoms with Crippen LogP contribution >= 0.6 is 0 Å². The zero-order chi connectivity index (χ0) is 21.6. The molecule has 0 N–H and O–H groups in total. The van der Waals surface area contributed by atoms with Crippen LogP contribution in [0.4, 0.5) is 5.82 Å². The molecule has 2 heterocycles. The molecule has 0 bridgehead atoms. The third kappa shape index (κ3) is 4.88. The van der Waals surface area contributed by atoms with Crippen molar-refractivity contribution in [3.63, 3.8) is 0 Å². The number of piperazine rings is 1. The maximum absolute atomic E-state index is 13.3. The van der Waals surface area contributed by atoms with Crippen molar-refractivity contribution in [3.8, 4) is 0 Å². The molecule has 1 aromatic heterocycles. The molecule has 1 amide bonds. The molecule has 1 aliphatic heterocycles. The molecule has 162 valence electrons. The van der Waals surface area contributed by atoms with E-state index in [-0.39, 0.29) is 5.91 Å². The van der Waals surface area contributed by atoms with E-state index in [1.807, 2.05) is 42.2 Å². The Morgan fingerprint density at radius 2 is 1.68 bits per heavy atom. The standard InChI is InChI=1S/C26H32N4O/c1-3-14-29(4-2)26(31)23-19-25(27-24-13-9-8-12-22(23)24)30-17-15-28(16-18-30)20-21-10-6-5-7-11-21/h5-13,19H,3-4,14-18,20H2,1-2H3. The van der Waals surface area contributed by atoms with Gasteiger partial charge in [-0.3, -0.25) is 9.69 Å². The highest BCUT2D eigenvalue weighted by molar-refractivity contribution is 6.07. The highest BCUT2D eigenvalue weighted by Gasteiger charge is 2.22. The van der Waals surface area contributed by atoms with Crippen molar-refractivity contribution in [2.75, 3.05) is 44.2 Å². The van der Waals surface area contributed by atoms with Crippen LogP contribution in [0, 0.1) is 0 Å². The molecule has 5 heteroatoms. The van der Waals surface area contributed by atoms with Crippen molar-refractivity contribution in [2.24, 2.45) is 0 Å². The summed E-state index contributed by atoms with van der Waals surface area (Å²) < 4.78 is 0. The van der Waals surface area contributed by atoms with E-state index in [4.69, 9.17) is 4.98 Å². The second-order valence-electron chi connectivity index (χ2n) is 8.18. The number of carbonyl (C=O) groups is 1. The van der Waals surface area contributed by atoms with Gasteiger partial charge in [-0.1, -0.05) is 55.5 Å². The maximum Gasteiger partial charge on any atom is 0.254 e. The van der Waals surface area contributed by atoms with E-state index in [0.717, 1.165) is 74.5 Å². The lowest BCUT2D eigenvalue weighted by Crippen LogP contribution is -2.46. The van der Waals surface area contributed by atoms with Gasteiger partial charge in [-0.15, -0.1) is 0 Å². The molecule has 0 aliphatic carbocycles. The molecule has 0 saturated carbocycles. The van der Waals surface area contributed by atoms with Gasteiger partial charge in [0.05, 0.1) is 11.1 Å². The summed E-state index contributed by atoms with van der Waals surface area (Å²) in [6.45, 7) is 10.4. The summed E-state index contributed by atoms with van der Waals surface area (Å²) in [5.74, 6) is 1.01. The van der Waals surface area contributed by atoms with Gasteiger partial charge < -0.3 is 9.80 Å². The van der Waals surface area contributed by atoms with Crippen LogP contribution in [0.25, 0.3) is 10.9 Å². The quantitative estimate of drug-likeness (QED) is 0.571. The maximum atomic E-state index is 13.3. The van der Waals surface area contributed by atoms with Gasteiger partial charge in [0.2, 0.25) is 0 Å². The van der Waals surface area contributed by atoms with Crippen LogP contribution in [-0.2, 0) is 6.54 Å². The number of rotatable bonds is 7. The van der Waals surface area contributed by atoms with Crippen LogP contribution in [0.15, 0.2) is 60.7 Å². The van der Waals surface area contributed by atoms with Crippen LogP contribution in [-0.4, -0.2) is 60.0 Å². The molecule has 5 nitrogen and oxygen atoms in total. The number of anilines is 1. The molecular formula is C26H32N4O. The van der Waals surface area contributed by atoms with Crippen LogP contribution in [0.2, 0.25) is 0 Å². The average molecular weight is 417 g/mol. The lowest BCUT2D eigenvalue weighted by atomic mass is 10.1.